The number of hydrogen-bond acceptors (Lipinski definition) is 7. The Hall–Kier alpha value is -1.67. The van der Waals surface area contributed by atoms with E-state index in [1.54, 1.807) is 13.8 Å². The minimum absolute atomic E-state index is 0.00612. The van der Waals surface area contributed by atoms with Crippen molar-refractivity contribution in [1.82, 2.24) is 4.98 Å². The Bertz CT molecular complexity index is 492. The van der Waals surface area contributed by atoms with Crippen molar-refractivity contribution in [2.75, 3.05) is 7.11 Å². The molecule has 0 aromatic carbocycles. The van der Waals surface area contributed by atoms with E-state index >= 15 is 0 Å². The SMILES string of the molecule is COC(=O)c1ccc([N+](=O)[O-])c(SC(C)C(C)O)n1. The van der Waals surface area contributed by atoms with E-state index in [1.165, 1.54) is 19.2 Å². The molecule has 0 bridgehead atoms. The molecule has 0 spiro atoms. The minimum Gasteiger partial charge on any atom is -0.464 e. The molecule has 0 radical (unpaired) electrons. The van der Waals surface area contributed by atoms with E-state index in [2.05, 4.69) is 9.72 Å². The van der Waals surface area contributed by atoms with Gasteiger partial charge in [-0.25, -0.2) is 9.78 Å². The zero-order valence-corrected chi connectivity index (χ0v) is 11.5. The number of nitrogens with zero attached hydrogens (tertiary/aromatic N) is 2. The number of carbonyl (C=O) groups excluding carboxylic acids is 1. The van der Waals surface area contributed by atoms with E-state index in [0.29, 0.717) is 0 Å². The van der Waals surface area contributed by atoms with Crippen molar-refractivity contribution in [2.24, 2.45) is 0 Å². The van der Waals surface area contributed by atoms with E-state index in [1.807, 2.05) is 0 Å². The molecule has 104 valence electrons. The van der Waals surface area contributed by atoms with Crippen molar-refractivity contribution >= 4 is 23.4 Å². The van der Waals surface area contributed by atoms with Crippen LogP contribution in [0.2, 0.25) is 0 Å². The average molecular weight is 286 g/mol. The molecule has 1 heterocycles. The second kappa shape index (κ2) is 6.48. The molecule has 0 amide bonds. The van der Waals surface area contributed by atoms with Gasteiger partial charge in [-0.15, -0.1) is 0 Å². The fraction of sp³-hybridized carbons (Fsp3) is 0.455. The van der Waals surface area contributed by atoms with E-state index in [9.17, 15) is 20.0 Å². The number of thioether (sulfide) groups is 1. The smallest absolute Gasteiger partial charge is 0.356 e. The van der Waals surface area contributed by atoms with E-state index < -0.39 is 17.0 Å². The number of hydrogen-bond donors (Lipinski definition) is 1. The van der Waals surface area contributed by atoms with E-state index in [4.69, 9.17) is 0 Å². The van der Waals surface area contributed by atoms with Gasteiger partial charge in [0.1, 0.15) is 5.69 Å². The highest BCUT2D eigenvalue weighted by atomic mass is 32.2. The predicted molar refractivity (Wildman–Crippen MR) is 69.2 cm³/mol. The first-order chi connectivity index (χ1) is 8.86. The molecule has 1 N–H and O–H groups in total. The van der Waals surface area contributed by atoms with Gasteiger partial charge in [-0.1, -0.05) is 18.7 Å². The Morgan fingerprint density at radius 1 is 1.53 bits per heavy atom. The number of esters is 1. The van der Waals surface area contributed by atoms with Crippen LogP contribution in [0.5, 0.6) is 0 Å². The first kappa shape index (κ1) is 15.4. The maximum Gasteiger partial charge on any atom is 0.356 e. The fourth-order valence-electron chi connectivity index (χ4n) is 1.15. The second-order valence-electron chi connectivity index (χ2n) is 3.83. The molecule has 2 unspecified atom stereocenters. The summed E-state index contributed by atoms with van der Waals surface area (Å²) in [6.45, 7) is 3.29. The number of pyridine rings is 1. The van der Waals surface area contributed by atoms with E-state index in [0.717, 1.165) is 11.8 Å². The highest BCUT2D eigenvalue weighted by Crippen LogP contribution is 2.31. The Labute approximate surface area is 114 Å². The highest BCUT2D eigenvalue weighted by Gasteiger charge is 2.22. The number of nitro groups is 1. The number of carbonyl (C=O) groups is 1. The maximum absolute atomic E-state index is 11.4. The summed E-state index contributed by atoms with van der Waals surface area (Å²) in [7, 11) is 1.21. The number of ether oxygens (including phenoxy) is 1. The van der Waals surface area contributed by atoms with Crippen molar-refractivity contribution in [3.05, 3.63) is 27.9 Å². The molecule has 0 saturated heterocycles. The molecule has 0 aliphatic rings. The lowest BCUT2D eigenvalue weighted by Crippen LogP contribution is -2.16. The van der Waals surface area contributed by atoms with Crippen molar-refractivity contribution in [3.8, 4) is 0 Å². The molecule has 0 fully saturated rings. The third-order valence-corrected chi connectivity index (χ3v) is 3.70. The van der Waals surface area contributed by atoms with Gasteiger partial charge in [0, 0.05) is 11.3 Å². The zero-order valence-electron chi connectivity index (χ0n) is 10.7. The molecular weight excluding hydrogens is 272 g/mol. The summed E-state index contributed by atoms with van der Waals surface area (Å²) >= 11 is 1.04. The van der Waals surface area contributed by atoms with Crippen molar-refractivity contribution in [2.45, 2.75) is 30.2 Å². The lowest BCUT2D eigenvalue weighted by atomic mass is 10.3. The molecule has 0 aliphatic carbocycles. The average Bonchev–Trinajstić information content (AvgIpc) is 2.37. The van der Waals surface area contributed by atoms with Crippen LogP contribution in [0.4, 0.5) is 5.69 Å². The summed E-state index contributed by atoms with van der Waals surface area (Å²) in [4.78, 5) is 25.6. The first-order valence-electron chi connectivity index (χ1n) is 5.45. The van der Waals surface area contributed by atoms with E-state index in [-0.39, 0.29) is 21.7 Å². The number of rotatable bonds is 5. The lowest BCUT2D eigenvalue weighted by molar-refractivity contribution is -0.388. The molecule has 0 saturated carbocycles. The molecule has 7 nitrogen and oxygen atoms in total. The molecule has 8 heteroatoms. The summed E-state index contributed by atoms with van der Waals surface area (Å²) in [6, 6.07) is 2.44. The van der Waals surface area contributed by atoms with Gasteiger partial charge in [-0.05, 0) is 13.0 Å². The Balaban J connectivity index is 3.15. The van der Waals surface area contributed by atoms with Crippen LogP contribution in [0.25, 0.3) is 0 Å². The maximum atomic E-state index is 11.4. The molecule has 19 heavy (non-hydrogen) atoms. The number of aliphatic hydroxyl groups is 1. The molecule has 2 atom stereocenters. The highest BCUT2D eigenvalue weighted by molar-refractivity contribution is 8.00. The lowest BCUT2D eigenvalue weighted by Gasteiger charge is -2.13. The minimum atomic E-state index is -0.665. The van der Waals surface area contributed by atoms with Gasteiger partial charge >= 0.3 is 11.7 Å². The summed E-state index contributed by atoms with van der Waals surface area (Å²) < 4.78 is 4.51. The molecule has 1 aromatic heterocycles. The van der Waals surface area contributed by atoms with Crippen LogP contribution in [-0.4, -0.2) is 39.4 Å². The van der Waals surface area contributed by atoms with Crippen molar-refractivity contribution < 1.29 is 19.6 Å². The topological polar surface area (TPSA) is 103 Å². The van der Waals surface area contributed by atoms with Crippen LogP contribution < -0.4 is 0 Å². The van der Waals surface area contributed by atoms with Crippen LogP contribution in [0, 0.1) is 10.1 Å². The van der Waals surface area contributed by atoms with Crippen LogP contribution in [-0.2, 0) is 4.74 Å². The van der Waals surface area contributed by atoms with Gasteiger partial charge in [-0.2, -0.15) is 0 Å². The van der Waals surface area contributed by atoms with Crippen LogP contribution >= 0.6 is 11.8 Å². The Morgan fingerprint density at radius 2 is 2.16 bits per heavy atom. The van der Waals surface area contributed by atoms with Gasteiger partial charge in [-0.3, -0.25) is 10.1 Å². The number of methoxy groups -OCH3 is 1. The Kier molecular flexibility index (Phi) is 5.25. The molecule has 1 aromatic rings. The quantitative estimate of drug-likeness (QED) is 0.380. The second-order valence-corrected chi connectivity index (χ2v) is 5.20. The van der Waals surface area contributed by atoms with Gasteiger partial charge in [0.15, 0.2) is 5.03 Å². The third kappa shape index (κ3) is 3.90. The third-order valence-electron chi connectivity index (χ3n) is 2.41. The monoisotopic (exact) mass is 286 g/mol. The molecule has 0 aliphatic heterocycles. The summed E-state index contributed by atoms with van der Waals surface area (Å²) in [6.07, 6.45) is -0.659. The van der Waals surface area contributed by atoms with Crippen LogP contribution in [0.15, 0.2) is 17.2 Å². The van der Waals surface area contributed by atoms with Crippen molar-refractivity contribution in [3.63, 3.8) is 0 Å². The van der Waals surface area contributed by atoms with Crippen molar-refractivity contribution in [1.29, 1.82) is 0 Å². The number of aliphatic hydroxyl groups excluding tert-OH is 1. The summed E-state index contributed by atoms with van der Waals surface area (Å²) in [5, 5.41) is 20.1. The predicted octanol–water partition coefficient (Wildman–Crippen LogP) is 1.64. The summed E-state index contributed by atoms with van der Waals surface area (Å²) in [5.41, 5.74) is -0.210. The largest absolute Gasteiger partial charge is 0.464 e. The molecular formula is C11H14N2O5S. The number of aromatic nitrogens is 1. The first-order valence-corrected chi connectivity index (χ1v) is 6.33. The van der Waals surface area contributed by atoms with Crippen LogP contribution in [0.3, 0.4) is 0 Å². The standard InChI is InChI=1S/C11H14N2O5S/c1-6(14)7(2)19-10-9(13(16)17)5-4-8(12-10)11(15)18-3/h4-7,14H,1-3H3. The van der Waals surface area contributed by atoms with Gasteiger partial charge in [0.2, 0.25) is 0 Å². The zero-order chi connectivity index (χ0) is 14.6. The fourth-order valence-corrected chi connectivity index (χ4v) is 2.12. The Morgan fingerprint density at radius 3 is 2.63 bits per heavy atom. The van der Waals surface area contributed by atoms with Gasteiger partial charge in [0.25, 0.3) is 0 Å². The van der Waals surface area contributed by atoms with Gasteiger partial charge in [0.05, 0.1) is 18.1 Å². The van der Waals surface area contributed by atoms with Crippen LogP contribution in [0.1, 0.15) is 24.3 Å². The summed E-state index contributed by atoms with van der Waals surface area (Å²) in [5.74, 6) is -0.665. The normalized spacial score (nSPS) is 13.7. The molecule has 1 rings (SSSR count). The van der Waals surface area contributed by atoms with Gasteiger partial charge < -0.3 is 9.84 Å².